The Kier molecular flexibility index (Phi) is 9.43. The molecule has 0 aliphatic carbocycles. The van der Waals surface area contributed by atoms with E-state index in [2.05, 4.69) is 219 Å². The monoisotopic (exact) mass is 629 g/mol. The molecule has 49 heavy (non-hydrogen) atoms. The summed E-state index contributed by atoms with van der Waals surface area (Å²) in [6.45, 7) is 2.07. The summed E-state index contributed by atoms with van der Waals surface area (Å²) in [7, 11) is 2.11. The molecule has 0 N–H and O–H groups in total. The van der Waals surface area contributed by atoms with Crippen molar-refractivity contribution in [1.82, 2.24) is 0 Å². The Morgan fingerprint density at radius 3 is 1.55 bits per heavy atom. The quantitative estimate of drug-likeness (QED) is 0.171. The van der Waals surface area contributed by atoms with Gasteiger partial charge in [0.2, 0.25) is 0 Å². The van der Waals surface area contributed by atoms with Crippen molar-refractivity contribution in [3.8, 4) is 11.1 Å². The lowest BCUT2D eigenvalue weighted by Crippen LogP contribution is -2.22. The van der Waals surface area contributed by atoms with Gasteiger partial charge in [-0.05, 0) is 96.7 Å². The van der Waals surface area contributed by atoms with Gasteiger partial charge < -0.3 is 4.90 Å². The molecule has 0 bridgehead atoms. The molecule has 0 aliphatic heterocycles. The van der Waals surface area contributed by atoms with Gasteiger partial charge in [-0.15, -0.1) is 0 Å². The second-order valence-electron chi connectivity index (χ2n) is 12.2. The van der Waals surface area contributed by atoms with Gasteiger partial charge in [-0.25, -0.2) is 0 Å². The maximum atomic E-state index is 2.26. The smallest absolute Gasteiger partial charge is 0.0408 e. The number of nitrogens with zero attached hydrogens (tertiary/aromatic N) is 1. The maximum absolute atomic E-state index is 2.26. The van der Waals surface area contributed by atoms with E-state index in [1.807, 2.05) is 0 Å². The molecule has 0 aromatic heterocycles. The molecular formula is C48H39N. The van der Waals surface area contributed by atoms with Crippen molar-refractivity contribution in [3.05, 3.63) is 198 Å². The fraction of sp³-hybridized carbons (Fsp3) is 0.0417. The molecular weight excluding hydrogens is 591 g/mol. The van der Waals surface area contributed by atoms with Gasteiger partial charge in [0.15, 0.2) is 0 Å². The third kappa shape index (κ3) is 7.22. The Labute approximate surface area is 289 Å². The highest BCUT2D eigenvalue weighted by atomic mass is 15.1. The summed E-state index contributed by atoms with van der Waals surface area (Å²) in [6.07, 6.45) is 8.56. The topological polar surface area (TPSA) is 3.24 Å². The number of hydrogen-bond donors (Lipinski definition) is 0. The number of rotatable bonds is 5. The van der Waals surface area contributed by atoms with Crippen LogP contribution in [0.25, 0.3) is 61.7 Å². The summed E-state index contributed by atoms with van der Waals surface area (Å²) in [5.41, 5.74) is 5.98. The zero-order valence-corrected chi connectivity index (χ0v) is 28.0. The van der Waals surface area contributed by atoms with Crippen LogP contribution in [0.1, 0.15) is 12.5 Å². The molecule has 0 unspecified atom stereocenters. The fourth-order valence-electron chi connectivity index (χ4n) is 6.35. The summed E-state index contributed by atoms with van der Waals surface area (Å²) < 4.78 is 0. The number of anilines is 2. The third-order valence-electron chi connectivity index (χ3n) is 9.14. The molecule has 1 nitrogen and oxygen atoms in total. The lowest BCUT2D eigenvalue weighted by Gasteiger charge is -2.20. The zero-order valence-electron chi connectivity index (χ0n) is 28.0. The minimum Gasteiger partial charge on any atom is -0.345 e. The van der Waals surface area contributed by atoms with Crippen molar-refractivity contribution in [3.63, 3.8) is 0 Å². The van der Waals surface area contributed by atoms with Crippen molar-refractivity contribution >= 4 is 61.9 Å². The lowest BCUT2D eigenvalue weighted by atomic mass is 10.0. The van der Waals surface area contributed by atoms with Crippen molar-refractivity contribution in [2.24, 2.45) is 0 Å². The van der Waals surface area contributed by atoms with Crippen LogP contribution in [0.5, 0.6) is 0 Å². The average molecular weight is 630 g/mol. The molecule has 0 spiro atoms. The van der Waals surface area contributed by atoms with Crippen LogP contribution in [0.15, 0.2) is 182 Å². The van der Waals surface area contributed by atoms with Gasteiger partial charge >= 0.3 is 0 Å². The molecule has 0 amide bonds. The predicted molar refractivity (Wildman–Crippen MR) is 215 cm³/mol. The highest BCUT2D eigenvalue weighted by Gasteiger charge is 2.06. The first-order valence-electron chi connectivity index (χ1n) is 16.9. The summed E-state index contributed by atoms with van der Waals surface area (Å²) >= 11 is 0. The van der Waals surface area contributed by atoms with E-state index < -0.39 is 0 Å². The van der Waals surface area contributed by atoms with Crippen LogP contribution in [-0.2, 0) is 0 Å². The Balaban J connectivity index is 0.000000223. The van der Waals surface area contributed by atoms with E-state index >= 15 is 0 Å². The molecule has 0 saturated heterocycles. The molecule has 0 saturated carbocycles. The largest absolute Gasteiger partial charge is 0.345 e. The second-order valence-corrected chi connectivity index (χ2v) is 12.2. The van der Waals surface area contributed by atoms with Crippen molar-refractivity contribution in [2.75, 3.05) is 11.9 Å². The highest BCUT2D eigenvalue weighted by molar-refractivity contribution is 6.07. The highest BCUT2D eigenvalue weighted by Crippen LogP contribution is 2.29. The van der Waals surface area contributed by atoms with Crippen LogP contribution in [0.4, 0.5) is 11.4 Å². The van der Waals surface area contributed by atoms with Crippen LogP contribution >= 0.6 is 0 Å². The Morgan fingerprint density at radius 1 is 0.429 bits per heavy atom. The first-order valence-corrected chi connectivity index (χ1v) is 16.9. The Hall–Kier alpha value is -6.18. The van der Waals surface area contributed by atoms with E-state index in [9.17, 15) is 0 Å². The molecule has 0 fully saturated rings. The van der Waals surface area contributed by atoms with Crippen LogP contribution in [0.2, 0.25) is 0 Å². The fourth-order valence-corrected chi connectivity index (χ4v) is 6.35. The van der Waals surface area contributed by atoms with Gasteiger partial charge in [0.25, 0.3) is 0 Å². The molecule has 8 aromatic rings. The van der Waals surface area contributed by atoms with Gasteiger partial charge in [0, 0.05) is 18.4 Å². The first-order chi connectivity index (χ1) is 24.2. The molecule has 0 atom stereocenters. The predicted octanol–water partition coefficient (Wildman–Crippen LogP) is 11.6. The van der Waals surface area contributed by atoms with Gasteiger partial charge in [-0.2, -0.15) is 0 Å². The Morgan fingerprint density at radius 2 is 0.918 bits per heavy atom. The summed E-state index contributed by atoms with van der Waals surface area (Å²) in [5.74, 6) is 0. The summed E-state index contributed by atoms with van der Waals surface area (Å²) in [6, 6.07) is 62.4. The average Bonchev–Trinajstić information content (AvgIpc) is 3.18. The molecule has 0 radical (unpaired) electrons. The van der Waals surface area contributed by atoms with Crippen LogP contribution in [0, 0.1) is 0 Å². The van der Waals surface area contributed by atoms with Gasteiger partial charge in [0.1, 0.15) is 0 Å². The van der Waals surface area contributed by atoms with Gasteiger partial charge in [-0.3, -0.25) is 0 Å². The van der Waals surface area contributed by atoms with E-state index in [1.54, 1.807) is 0 Å². The van der Waals surface area contributed by atoms with Gasteiger partial charge in [-0.1, -0.05) is 170 Å². The van der Waals surface area contributed by atoms with Crippen molar-refractivity contribution in [1.29, 1.82) is 0 Å². The number of fused-ring (bicyclic) bond motifs is 4. The minimum absolute atomic E-state index is 1.16. The van der Waals surface area contributed by atoms with Crippen molar-refractivity contribution < 1.29 is 0 Å². The van der Waals surface area contributed by atoms with E-state index in [0.717, 1.165) is 5.69 Å². The molecule has 236 valence electrons. The first kappa shape index (κ1) is 31.4. The number of benzene rings is 8. The van der Waals surface area contributed by atoms with Crippen molar-refractivity contribution in [2.45, 2.75) is 6.92 Å². The van der Waals surface area contributed by atoms with Crippen LogP contribution in [0.3, 0.4) is 0 Å². The minimum atomic E-state index is 1.16. The summed E-state index contributed by atoms with van der Waals surface area (Å²) in [4.78, 5) is 2.22. The third-order valence-corrected chi connectivity index (χ3v) is 9.14. The molecule has 8 aromatic carbocycles. The summed E-state index contributed by atoms with van der Waals surface area (Å²) in [5, 5.41) is 10.3. The number of allylic oxidation sites excluding steroid dienone is 1. The standard InChI is InChI=1S/C34H29N.C14H10/c1-3-27-10-4-5-11-28(27)14-8-9-26-15-21-33(22-16-26)35(2)34-23-19-30(20-24-34)32-18-17-29-12-6-7-13-31(29)25-32;1-3-7-13-11(5-1)9-10-12-6-2-4-8-14(12)13/h3-25H,1-2H3;1-10H/b9-8+,27-3-,28-14-;. The van der Waals surface area contributed by atoms with Gasteiger partial charge in [0.05, 0.1) is 0 Å². The van der Waals surface area contributed by atoms with E-state index in [4.69, 9.17) is 0 Å². The maximum Gasteiger partial charge on any atom is 0.0408 e. The molecule has 0 heterocycles. The van der Waals surface area contributed by atoms with E-state index in [0.29, 0.717) is 0 Å². The lowest BCUT2D eigenvalue weighted by molar-refractivity contribution is 1.21. The second kappa shape index (κ2) is 14.7. The normalized spacial score (nSPS) is 12.0. The van der Waals surface area contributed by atoms with E-state index in [-0.39, 0.29) is 0 Å². The molecule has 0 aliphatic rings. The zero-order chi connectivity index (χ0) is 33.4. The van der Waals surface area contributed by atoms with E-state index in [1.165, 1.54) is 65.1 Å². The SMILES string of the molecule is C/C=c1/cccc/c1=C/C=C/c1ccc(N(C)c2ccc(-c3ccc4ccccc4c3)cc2)cc1.c1ccc2c(c1)ccc1ccccc12. The van der Waals surface area contributed by atoms with Crippen LogP contribution in [-0.4, -0.2) is 7.05 Å². The number of hydrogen-bond acceptors (Lipinski definition) is 1. The van der Waals surface area contributed by atoms with Crippen LogP contribution < -0.4 is 15.3 Å². The molecule has 8 rings (SSSR count). The molecule has 1 heteroatoms. The Bertz CT molecular complexity index is 2450.